The first-order chi connectivity index (χ1) is 5.90. The number of benzene rings is 1. The van der Waals surface area contributed by atoms with E-state index in [-0.39, 0.29) is 0 Å². The molecule has 0 saturated carbocycles. The van der Waals surface area contributed by atoms with Crippen LogP contribution >= 0.6 is 0 Å². The van der Waals surface area contributed by atoms with E-state index in [9.17, 15) is 4.79 Å². The lowest BCUT2D eigenvalue weighted by molar-refractivity contribution is 0.456. The summed E-state index contributed by atoms with van der Waals surface area (Å²) in [6.45, 7) is 0. The van der Waals surface area contributed by atoms with Crippen molar-refractivity contribution in [1.82, 2.24) is 5.16 Å². The molecular weight excluding hydrogens is 156 g/mol. The Labute approximate surface area is 67.5 Å². The van der Waals surface area contributed by atoms with Crippen LogP contribution in [-0.2, 0) is 4.79 Å². The van der Waals surface area contributed by atoms with Gasteiger partial charge in [0.15, 0.2) is 5.58 Å². The van der Waals surface area contributed by atoms with Crippen LogP contribution in [0.25, 0.3) is 11.0 Å². The summed E-state index contributed by atoms with van der Waals surface area (Å²) in [7, 11) is 0. The summed E-state index contributed by atoms with van der Waals surface area (Å²) >= 11 is 0. The Hall–Kier alpha value is -1.93. The maximum absolute atomic E-state index is 9.92. The molecule has 1 heterocycles. The minimum absolute atomic E-state index is 0.556. The highest BCUT2D eigenvalue weighted by Gasteiger charge is 1.97. The van der Waals surface area contributed by atoms with Crippen molar-refractivity contribution in [3.05, 3.63) is 24.4 Å². The Kier molecular flexibility index (Phi) is 1.47. The quantitative estimate of drug-likeness (QED) is 0.472. The Bertz CT molecular complexity index is 455. The number of hydrogen-bond donors (Lipinski definition) is 0. The van der Waals surface area contributed by atoms with Crippen molar-refractivity contribution in [2.75, 3.05) is 0 Å². The topological polar surface area (TPSA) is 55.5 Å². The van der Waals surface area contributed by atoms with Crippen LogP contribution in [0, 0.1) is 0 Å². The van der Waals surface area contributed by atoms with Crippen LogP contribution in [0.15, 0.2) is 33.9 Å². The van der Waals surface area contributed by atoms with Gasteiger partial charge in [-0.1, -0.05) is 5.16 Å². The molecule has 0 aliphatic rings. The highest BCUT2D eigenvalue weighted by atomic mass is 16.5. The van der Waals surface area contributed by atoms with Gasteiger partial charge in [0.2, 0.25) is 6.08 Å². The van der Waals surface area contributed by atoms with E-state index >= 15 is 0 Å². The SMILES string of the molecule is O=C=Nc1ccc2oncc2c1. The Morgan fingerprint density at radius 2 is 2.42 bits per heavy atom. The molecular formula is C8H4N2O2. The number of fused-ring (bicyclic) bond motifs is 1. The fourth-order valence-electron chi connectivity index (χ4n) is 0.982. The van der Waals surface area contributed by atoms with Crippen molar-refractivity contribution in [2.24, 2.45) is 4.99 Å². The minimum Gasteiger partial charge on any atom is -0.356 e. The van der Waals surface area contributed by atoms with E-state index in [1.807, 2.05) is 0 Å². The molecule has 58 valence electrons. The Morgan fingerprint density at radius 3 is 3.25 bits per heavy atom. The molecule has 4 nitrogen and oxygen atoms in total. The second-order valence-electron chi connectivity index (χ2n) is 2.25. The van der Waals surface area contributed by atoms with Gasteiger partial charge in [0, 0.05) is 5.39 Å². The molecule has 0 fully saturated rings. The van der Waals surface area contributed by atoms with E-state index in [1.165, 1.54) is 6.08 Å². The molecule has 0 radical (unpaired) electrons. The zero-order valence-corrected chi connectivity index (χ0v) is 6.02. The minimum atomic E-state index is 0.556. The van der Waals surface area contributed by atoms with E-state index in [0.29, 0.717) is 11.3 Å². The van der Waals surface area contributed by atoms with Gasteiger partial charge in [-0.3, -0.25) is 0 Å². The predicted octanol–water partition coefficient (Wildman–Crippen LogP) is 1.80. The van der Waals surface area contributed by atoms with Crippen LogP contribution in [0.4, 0.5) is 5.69 Å². The molecule has 4 heteroatoms. The molecule has 0 saturated heterocycles. The van der Waals surface area contributed by atoms with Gasteiger partial charge in [-0.2, -0.15) is 4.99 Å². The van der Waals surface area contributed by atoms with Gasteiger partial charge in [0.1, 0.15) is 0 Å². The van der Waals surface area contributed by atoms with Gasteiger partial charge in [0.25, 0.3) is 0 Å². The zero-order chi connectivity index (χ0) is 8.39. The lowest BCUT2D eigenvalue weighted by atomic mass is 10.2. The number of aliphatic imine (C=N–C) groups is 1. The number of carbonyl (C=O) groups excluding carboxylic acids is 1. The monoisotopic (exact) mass is 160 g/mol. The molecule has 0 spiro atoms. The second-order valence-corrected chi connectivity index (χ2v) is 2.25. The third-order valence-corrected chi connectivity index (χ3v) is 1.51. The van der Waals surface area contributed by atoms with Gasteiger partial charge in [-0.05, 0) is 18.2 Å². The Morgan fingerprint density at radius 1 is 1.50 bits per heavy atom. The molecule has 0 amide bonds. The van der Waals surface area contributed by atoms with E-state index in [4.69, 9.17) is 4.52 Å². The Balaban J connectivity index is 2.67. The van der Waals surface area contributed by atoms with E-state index < -0.39 is 0 Å². The van der Waals surface area contributed by atoms with Crippen molar-refractivity contribution >= 4 is 22.7 Å². The third-order valence-electron chi connectivity index (χ3n) is 1.51. The summed E-state index contributed by atoms with van der Waals surface area (Å²) in [6, 6.07) is 5.08. The predicted molar refractivity (Wildman–Crippen MR) is 41.8 cm³/mol. The smallest absolute Gasteiger partial charge is 0.240 e. The average molecular weight is 160 g/mol. The fraction of sp³-hybridized carbons (Fsp3) is 0. The van der Waals surface area contributed by atoms with Crippen LogP contribution in [-0.4, -0.2) is 11.2 Å². The summed E-state index contributed by atoms with van der Waals surface area (Å²) in [4.78, 5) is 13.4. The number of aromatic nitrogens is 1. The first kappa shape index (κ1) is 6.76. The van der Waals surface area contributed by atoms with Crippen LogP contribution in [0.1, 0.15) is 0 Å². The van der Waals surface area contributed by atoms with E-state index in [0.717, 1.165) is 5.39 Å². The normalized spacial score (nSPS) is 9.67. The van der Waals surface area contributed by atoms with Gasteiger partial charge < -0.3 is 4.52 Å². The summed E-state index contributed by atoms with van der Waals surface area (Å²) in [5.41, 5.74) is 1.24. The number of hydrogen-bond acceptors (Lipinski definition) is 4. The molecule has 0 bridgehead atoms. The lowest BCUT2D eigenvalue weighted by Gasteiger charge is -1.87. The standard InChI is InChI=1S/C8H4N2O2/c11-5-9-7-1-2-8-6(3-7)4-10-12-8/h1-4H. The maximum Gasteiger partial charge on any atom is 0.240 e. The van der Waals surface area contributed by atoms with Gasteiger partial charge in [0.05, 0.1) is 11.9 Å². The summed E-state index contributed by atoms with van der Waals surface area (Å²) in [6.07, 6.45) is 3.03. The molecule has 0 atom stereocenters. The average Bonchev–Trinajstić information content (AvgIpc) is 2.51. The van der Waals surface area contributed by atoms with Crippen LogP contribution in [0.3, 0.4) is 0 Å². The molecule has 12 heavy (non-hydrogen) atoms. The molecule has 0 N–H and O–H groups in total. The van der Waals surface area contributed by atoms with E-state index in [2.05, 4.69) is 10.1 Å². The number of rotatable bonds is 1. The first-order valence-electron chi connectivity index (χ1n) is 3.32. The largest absolute Gasteiger partial charge is 0.356 e. The maximum atomic E-state index is 9.92. The molecule has 2 rings (SSSR count). The van der Waals surface area contributed by atoms with Gasteiger partial charge in [-0.25, -0.2) is 4.79 Å². The fourth-order valence-corrected chi connectivity index (χ4v) is 0.982. The zero-order valence-electron chi connectivity index (χ0n) is 6.02. The first-order valence-corrected chi connectivity index (χ1v) is 3.32. The van der Waals surface area contributed by atoms with Crippen molar-refractivity contribution in [1.29, 1.82) is 0 Å². The summed E-state index contributed by atoms with van der Waals surface area (Å²) in [5, 5.41) is 4.41. The molecule has 2 aromatic rings. The lowest BCUT2D eigenvalue weighted by Crippen LogP contribution is -1.64. The van der Waals surface area contributed by atoms with Crippen LogP contribution in [0.2, 0.25) is 0 Å². The highest BCUT2D eigenvalue weighted by molar-refractivity contribution is 5.79. The number of isocyanates is 1. The van der Waals surface area contributed by atoms with Crippen molar-refractivity contribution in [3.8, 4) is 0 Å². The molecule has 1 aromatic heterocycles. The second kappa shape index (κ2) is 2.60. The third kappa shape index (κ3) is 1.00. The molecule has 0 aliphatic carbocycles. The molecule has 1 aromatic carbocycles. The van der Waals surface area contributed by atoms with Crippen molar-refractivity contribution in [2.45, 2.75) is 0 Å². The number of nitrogens with zero attached hydrogens (tertiary/aromatic N) is 2. The van der Waals surface area contributed by atoms with Crippen LogP contribution < -0.4 is 0 Å². The van der Waals surface area contributed by atoms with Crippen LogP contribution in [0.5, 0.6) is 0 Å². The van der Waals surface area contributed by atoms with Crippen molar-refractivity contribution < 1.29 is 9.32 Å². The molecule has 0 unspecified atom stereocenters. The van der Waals surface area contributed by atoms with Gasteiger partial charge >= 0.3 is 0 Å². The molecule has 0 aliphatic heterocycles. The summed E-state index contributed by atoms with van der Waals surface area (Å²) < 4.78 is 4.86. The summed E-state index contributed by atoms with van der Waals surface area (Å²) in [5.74, 6) is 0. The van der Waals surface area contributed by atoms with E-state index in [1.54, 1.807) is 24.4 Å². The van der Waals surface area contributed by atoms with Crippen molar-refractivity contribution in [3.63, 3.8) is 0 Å². The van der Waals surface area contributed by atoms with Gasteiger partial charge in [-0.15, -0.1) is 0 Å². The highest BCUT2D eigenvalue weighted by Crippen LogP contribution is 2.19.